The lowest BCUT2D eigenvalue weighted by molar-refractivity contribution is 0.572. The minimum atomic E-state index is 0.166. The van der Waals surface area contributed by atoms with Crippen molar-refractivity contribution in [1.82, 2.24) is 9.78 Å². The Labute approximate surface area is 106 Å². The van der Waals surface area contributed by atoms with Gasteiger partial charge in [-0.25, -0.2) is 4.68 Å². The molecule has 1 unspecified atom stereocenters. The number of hydrogen-bond donors (Lipinski definition) is 1. The predicted octanol–water partition coefficient (Wildman–Crippen LogP) is 3.10. The fourth-order valence-electron chi connectivity index (χ4n) is 1.79. The second kappa shape index (κ2) is 4.84. The summed E-state index contributed by atoms with van der Waals surface area (Å²) in [4.78, 5) is 1.27. The largest absolute Gasteiger partial charge is 0.384 e. The van der Waals surface area contributed by atoms with Crippen molar-refractivity contribution in [3.05, 3.63) is 41.6 Å². The highest BCUT2D eigenvalue weighted by atomic mass is 32.2. The second-order valence-corrected chi connectivity index (χ2v) is 4.99. The average molecular weight is 247 g/mol. The van der Waals surface area contributed by atoms with E-state index in [2.05, 4.69) is 42.5 Å². The van der Waals surface area contributed by atoms with Crippen molar-refractivity contribution in [2.24, 2.45) is 0 Å². The van der Waals surface area contributed by atoms with E-state index in [1.54, 1.807) is 11.8 Å². The third kappa shape index (κ3) is 2.31. The van der Waals surface area contributed by atoms with Crippen LogP contribution in [0.4, 0.5) is 5.82 Å². The van der Waals surface area contributed by atoms with Crippen LogP contribution in [0.3, 0.4) is 0 Å². The summed E-state index contributed by atoms with van der Waals surface area (Å²) in [6, 6.07) is 8.69. The number of hydrogen-bond acceptors (Lipinski definition) is 3. The zero-order valence-electron chi connectivity index (χ0n) is 10.3. The third-order valence-corrected chi connectivity index (χ3v) is 3.74. The molecule has 2 rings (SSSR count). The first-order valence-electron chi connectivity index (χ1n) is 5.57. The number of anilines is 1. The van der Waals surface area contributed by atoms with Crippen molar-refractivity contribution in [3.63, 3.8) is 0 Å². The molecule has 0 fully saturated rings. The summed E-state index contributed by atoms with van der Waals surface area (Å²) in [6.45, 7) is 4.08. The summed E-state index contributed by atoms with van der Waals surface area (Å²) in [5.41, 5.74) is 8.24. The van der Waals surface area contributed by atoms with E-state index in [0.717, 1.165) is 11.4 Å². The molecule has 4 heteroatoms. The quantitative estimate of drug-likeness (QED) is 0.848. The number of benzene rings is 1. The Balaban J connectivity index is 2.30. The number of nitrogens with zero attached hydrogens (tertiary/aromatic N) is 2. The molecule has 1 atom stereocenters. The summed E-state index contributed by atoms with van der Waals surface area (Å²) in [6.07, 6.45) is 3.88. The highest BCUT2D eigenvalue weighted by Crippen LogP contribution is 2.24. The molecule has 0 spiro atoms. The molecule has 1 heterocycles. The van der Waals surface area contributed by atoms with Gasteiger partial charge in [-0.1, -0.05) is 12.1 Å². The molecule has 0 saturated heterocycles. The summed E-state index contributed by atoms with van der Waals surface area (Å²) in [5, 5.41) is 4.32. The Kier molecular flexibility index (Phi) is 3.43. The predicted molar refractivity (Wildman–Crippen MR) is 73.4 cm³/mol. The van der Waals surface area contributed by atoms with Gasteiger partial charge in [0.05, 0.1) is 12.2 Å². The molecule has 1 aromatic heterocycles. The Morgan fingerprint density at radius 2 is 1.94 bits per heavy atom. The topological polar surface area (TPSA) is 43.8 Å². The number of rotatable bonds is 3. The van der Waals surface area contributed by atoms with Gasteiger partial charge in [-0.15, -0.1) is 11.8 Å². The second-order valence-electron chi connectivity index (χ2n) is 4.11. The van der Waals surface area contributed by atoms with Gasteiger partial charge in [0.1, 0.15) is 5.82 Å². The summed E-state index contributed by atoms with van der Waals surface area (Å²) >= 11 is 1.75. The van der Waals surface area contributed by atoms with Gasteiger partial charge in [0.2, 0.25) is 0 Å². The lowest BCUT2D eigenvalue weighted by Gasteiger charge is -2.15. The minimum absolute atomic E-state index is 0.166. The van der Waals surface area contributed by atoms with Gasteiger partial charge in [-0.3, -0.25) is 0 Å². The van der Waals surface area contributed by atoms with Crippen LogP contribution in [0.5, 0.6) is 0 Å². The molecule has 0 aliphatic heterocycles. The van der Waals surface area contributed by atoms with Crippen LogP contribution < -0.4 is 5.73 Å². The molecule has 1 aromatic carbocycles. The van der Waals surface area contributed by atoms with E-state index in [9.17, 15) is 0 Å². The van der Waals surface area contributed by atoms with Crippen molar-refractivity contribution >= 4 is 17.6 Å². The van der Waals surface area contributed by atoms with E-state index in [-0.39, 0.29) is 6.04 Å². The molecular weight excluding hydrogens is 230 g/mol. The Morgan fingerprint density at radius 3 is 2.41 bits per heavy atom. The Bertz CT molecular complexity index is 502. The first-order valence-corrected chi connectivity index (χ1v) is 6.79. The van der Waals surface area contributed by atoms with Crippen molar-refractivity contribution in [1.29, 1.82) is 0 Å². The minimum Gasteiger partial charge on any atom is -0.384 e. The lowest BCUT2D eigenvalue weighted by Crippen LogP contribution is -2.11. The van der Waals surface area contributed by atoms with Crippen LogP contribution in [0.2, 0.25) is 0 Å². The highest BCUT2D eigenvalue weighted by Gasteiger charge is 2.12. The lowest BCUT2D eigenvalue weighted by atomic mass is 10.1. The fraction of sp³-hybridized carbons (Fsp3) is 0.308. The van der Waals surface area contributed by atoms with E-state index in [0.29, 0.717) is 0 Å². The van der Waals surface area contributed by atoms with E-state index < -0.39 is 0 Å². The number of nitrogens with two attached hydrogens (primary N) is 1. The summed E-state index contributed by atoms with van der Waals surface area (Å²) < 4.78 is 1.86. The van der Waals surface area contributed by atoms with Gasteiger partial charge in [-0.2, -0.15) is 5.10 Å². The summed E-state index contributed by atoms with van der Waals surface area (Å²) in [5.74, 6) is 0.742. The zero-order chi connectivity index (χ0) is 12.4. The van der Waals surface area contributed by atoms with Crippen LogP contribution in [0.15, 0.2) is 35.4 Å². The monoisotopic (exact) mass is 247 g/mol. The first kappa shape index (κ1) is 12.0. The number of nitrogen functional groups attached to an aromatic ring is 1. The third-order valence-electron chi connectivity index (χ3n) is 2.99. The SMILES string of the molecule is CSc1ccc(C(C)n2ncc(C)c2N)cc1. The maximum atomic E-state index is 5.99. The van der Waals surface area contributed by atoms with Gasteiger partial charge < -0.3 is 5.73 Å². The number of aryl methyl sites for hydroxylation is 1. The number of aromatic nitrogens is 2. The molecule has 0 aliphatic rings. The normalized spacial score (nSPS) is 12.6. The van der Waals surface area contributed by atoms with Gasteiger partial charge >= 0.3 is 0 Å². The molecule has 2 aromatic rings. The molecule has 17 heavy (non-hydrogen) atoms. The Morgan fingerprint density at radius 1 is 1.29 bits per heavy atom. The average Bonchev–Trinajstić information content (AvgIpc) is 2.69. The van der Waals surface area contributed by atoms with Crippen molar-refractivity contribution in [2.45, 2.75) is 24.8 Å². The number of thioether (sulfide) groups is 1. The molecule has 90 valence electrons. The molecule has 0 bridgehead atoms. The van der Waals surface area contributed by atoms with Crippen LogP contribution in [0.25, 0.3) is 0 Å². The fourth-order valence-corrected chi connectivity index (χ4v) is 2.20. The van der Waals surface area contributed by atoms with Gasteiger partial charge in [-0.05, 0) is 37.8 Å². The Hall–Kier alpha value is -1.42. The van der Waals surface area contributed by atoms with Crippen LogP contribution in [0.1, 0.15) is 24.1 Å². The molecule has 0 aliphatic carbocycles. The van der Waals surface area contributed by atoms with Crippen LogP contribution in [-0.2, 0) is 0 Å². The van der Waals surface area contributed by atoms with Gasteiger partial charge in [0.15, 0.2) is 0 Å². The molecule has 0 amide bonds. The van der Waals surface area contributed by atoms with Crippen molar-refractivity contribution in [3.8, 4) is 0 Å². The van der Waals surface area contributed by atoms with Crippen LogP contribution in [0, 0.1) is 6.92 Å². The van der Waals surface area contributed by atoms with Gasteiger partial charge in [0, 0.05) is 10.5 Å². The zero-order valence-corrected chi connectivity index (χ0v) is 11.2. The van der Waals surface area contributed by atoms with E-state index in [1.807, 2.05) is 17.8 Å². The van der Waals surface area contributed by atoms with E-state index in [4.69, 9.17) is 5.73 Å². The molecule has 3 nitrogen and oxygen atoms in total. The first-order chi connectivity index (χ1) is 8.13. The molecular formula is C13H17N3S. The van der Waals surface area contributed by atoms with E-state index in [1.165, 1.54) is 10.5 Å². The van der Waals surface area contributed by atoms with Crippen molar-refractivity contribution in [2.75, 3.05) is 12.0 Å². The highest BCUT2D eigenvalue weighted by molar-refractivity contribution is 7.98. The van der Waals surface area contributed by atoms with Crippen molar-refractivity contribution < 1.29 is 0 Å². The van der Waals surface area contributed by atoms with Crippen LogP contribution >= 0.6 is 11.8 Å². The molecule has 0 radical (unpaired) electrons. The van der Waals surface area contributed by atoms with Gasteiger partial charge in [0.25, 0.3) is 0 Å². The van der Waals surface area contributed by atoms with E-state index >= 15 is 0 Å². The molecule has 0 saturated carbocycles. The van der Waals surface area contributed by atoms with Crippen LogP contribution in [-0.4, -0.2) is 16.0 Å². The molecule has 2 N–H and O–H groups in total. The standard InChI is InChI=1S/C13H17N3S/c1-9-8-15-16(13(9)14)10(2)11-4-6-12(17-3)7-5-11/h4-8,10H,14H2,1-3H3. The summed E-state index contributed by atoms with van der Waals surface area (Å²) in [7, 11) is 0. The maximum Gasteiger partial charge on any atom is 0.125 e. The smallest absolute Gasteiger partial charge is 0.125 e. The maximum absolute atomic E-state index is 5.99.